The standard InChI is InChI=1S/C14H17ClN4/c1-3-4-5-11(2)18-13-8-12(15)6-7-14(13)19-10-16-9-17-19/h3,6-11,18H,1,4-5H2,2H3. The molecular formula is C14H17ClN4. The van der Waals surface area contributed by atoms with Crippen LogP contribution in [-0.4, -0.2) is 20.8 Å². The lowest BCUT2D eigenvalue weighted by Crippen LogP contribution is -2.16. The number of hydrogen-bond acceptors (Lipinski definition) is 3. The zero-order valence-electron chi connectivity index (χ0n) is 10.9. The maximum Gasteiger partial charge on any atom is 0.138 e. The zero-order valence-corrected chi connectivity index (χ0v) is 11.6. The number of nitrogens with zero attached hydrogens (tertiary/aromatic N) is 3. The molecule has 2 aromatic rings. The van der Waals surface area contributed by atoms with E-state index in [0.29, 0.717) is 11.1 Å². The van der Waals surface area contributed by atoms with Crippen molar-refractivity contribution in [1.29, 1.82) is 0 Å². The van der Waals surface area contributed by atoms with Gasteiger partial charge in [0.15, 0.2) is 0 Å². The predicted molar refractivity (Wildman–Crippen MR) is 78.9 cm³/mol. The molecule has 0 aliphatic carbocycles. The minimum atomic E-state index is 0.332. The molecule has 1 aromatic carbocycles. The van der Waals surface area contributed by atoms with E-state index in [1.807, 2.05) is 24.3 Å². The van der Waals surface area contributed by atoms with E-state index in [1.54, 1.807) is 11.0 Å². The zero-order chi connectivity index (χ0) is 13.7. The van der Waals surface area contributed by atoms with Crippen molar-refractivity contribution < 1.29 is 0 Å². The molecule has 0 bridgehead atoms. The summed E-state index contributed by atoms with van der Waals surface area (Å²) < 4.78 is 1.72. The van der Waals surface area contributed by atoms with Crippen molar-refractivity contribution in [2.75, 3.05) is 5.32 Å². The van der Waals surface area contributed by atoms with Crippen LogP contribution in [0.4, 0.5) is 5.69 Å². The quantitative estimate of drug-likeness (QED) is 0.818. The van der Waals surface area contributed by atoms with Gasteiger partial charge >= 0.3 is 0 Å². The SMILES string of the molecule is C=CCCC(C)Nc1cc(Cl)ccc1-n1cncn1. The minimum absolute atomic E-state index is 0.332. The lowest BCUT2D eigenvalue weighted by Gasteiger charge is -2.17. The van der Waals surface area contributed by atoms with Gasteiger partial charge < -0.3 is 5.32 Å². The molecule has 0 aliphatic heterocycles. The number of halogens is 1. The summed E-state index contributed by atoms with van der Waals surface area (Å²) in [4.78, 5) is 3.97. The molecule has 5 heteroatoms. The van der Waals surface area contributed by atoms with Crippen LogP contribution in [0.1, 0.15) is 19.8 Å². The van der Waals surface area contributed by atoms with E-state index in [4.69, 9.17) is 11.6 Å². The molecule has 0 radical (unpaired) electrons. The van der Waals surface area contributed by atoms with Gasteiger partial charge in [-0.1, -0.05) is 17.7 Å². The van der Waals surface area contributed by atoms with Crippen LogP contribution < -0.4 is 5.32 Å². The average Bonchev–Trinajstić information content (AvgIpc) is 2.90. The van der Waals surface area contributed by atoms with Crippen LogP contribution in [0.25, 0.3) is 5.69 Å². The third-order valence-electron chi connectivity index (χ3n) is 2.83. The van der Waals surface area contributed by atoms with Crippen molar-refractivity contribution in [3.8, 4) is 5.69 Å². The van der Waals surface area contributed by atoms with Crippen molar-refractivity contribution in [3.05, 3.63) is 48.5 Å². The highest BCUT2D eigenvalue weighted by Gasteiger charge is 2.09. The number of benzene rings is 1. The lowest BCUT2D eigenvalue weighted by molar-refractivity contribution is 0.717. The number of rotatable bonds is 6. The van der Waals surface area contributed by atoms with Crippen LogP contribution in [0.3, 0.4) is 0 Å². The summed E-state index contributed by atoms with van der Waals surface area (Å²) in [6.07, 6.45) is 7.11. The summed E-state index contributed by atoms with van der Waals surface area (Å²) in [5.41, 5.74) is 1.89. The van der Waals surface area contributed by atoms with Gasteiger partial charge in [-0.15, -0.1) is 6.58 Å². The molecule has 19 heavy (non-hydrogen) atoms. The van der Waals surface area contributed by atoms with Gasteiger partial charge in [0, 0.05) is 11.1 Å². The Morgan fingerprint density at radius 2 is 2.37 bits per heavy atom. The van der Waals surface area contributed by atoms with Gasteiger partial charge in [-0.3, -0.25) is 0 Å². The van der Waals surface area contributed by atoms with E-state index in [-0.39, 0.29) is 0 Å². The Morgan fingerprint density at radius 3 is 3.05 bits per heavy atom. The maximum atomic E-state index is 6.06. The third kappa shape index (κ3) is 3.58. The number of anilines is 1. The largest absolute Gasteiger partial charge is 0.381 e. The van der Waals surface area contributed by atoms with E-state index in [1.165, 1.54) is 6.33 Å². The molecule has 0 spiro atoms. The number of nitrogens with one attached hydrogen (secondary N) is 1. The Hall–Kier alpha value is -1.81. The van der Waals surface area contributed by atoms with Gasteiger partial charge in [0.1, 0.15) is 12.7 Å². The number of aromatic nitrogens is 3. The fourth-order valence-corrected chi connectivity index (χ4v) is 2.03. The molecule has 1 N–H and O–H groups in total. The molecule has 0 aliphatic rings. The second kappa shape index (κ2) is 6.38. The molecule has 100 valence electrons. The summed E-state index contributed by atoms with van der Waals surface area (Å²) in [6, 6.07) is 6.01. The molecule has 1 unspecified atom stereocenters. The van der Waals surface area contributed by atoms with Crippen LogP contribution in [0.2, 0.25) is 5.02 Å². The predicted octanol–water partition coefficient (Wildman–Crippen LogP) is 3.69. The van der Waals surface area contributed by atoms with E-state index in [2.05, 4.69) is 28.9 Å². The highest BCUT2D eigenvalue weighted by molar-refractivity contribution is 6.31. The van der Waals surface area contributed by atoms with Crippen LogP contribution in [-0.2, 0) is 0 Å². The second-order valence-electron chi connectivity index (χ2n) is 4.41. The van der Waals surface area contributed by atoms with Gasteiger partial charge in [-0.05, 0) is 38.0 Å². The van der Waals surface area contributed by atoms with E-state index >= 15 is 0 Å². The first-order valence-electron chi connectivity index (χ1n) is 6.22. The summed E-state index contributed by atoms with van der Waals surface area (Å²) in [7, 11) is 0. The Balaban J connectivity index is 2.23. The van der Waals surface area contributed by atoms with Crippen LogP contribution in [0.15, 0.2) is 43.5 Å². The van der Waals surface area contributed by atoms with Crippen molar-refractivity contribution in [1.82, 2.24) is 14.8 Å². The molecule has 2 rings (SSSR count). The van der Waals surface area contributed by atoms with E-state index in [0.717, 1.165) is 24.2 Å². The van der Waals surface area contributed by atoms with Crippen molar-refractivity contribution in [3.63, 3.8) is 0 Å². The first-order chi connectivity index (χ1) is 9.20. The van der Waals surface area contributed by atoms with Gasteiger partial charge in [-0.2, -0.15) is 5.10 Å². The van der Waals surface area contributed by atoms with Gasteiger partial charge in [-0.25, -0.2) is 9.67 Å². The first kappa shape index (κ1) is 13.6. The van der Waals surface area contributed by atoms with Crippen LogP contribution in [0, 0.1) is 0 Å². The maximum absolute atomic E-state index is 6.06. The van der Waals surface area contributed by atoms with Crippen LogP contribution in [0.5, 0.6) is 0 Å². The molecule has 1 atom stereocenters. The van der Waals surface area contributed by atoms with Crippen molar-refractivity contribution in [2.24, 2.45) is 0 Å². The molecule has 4 nitrogen and oxygen atoms in total. The summed E-state index contributed by atoms with van der Waals surface area (Å²) >= 11 is 6.06. The summed E-state index contributed by atoms with van der Waals surface area (Å²) in [6.45, 7) is 5.88. The van der Waals surface area contributed by atoms with E-state index in [9.17, 15) is 0 Å². The first-order valence-corrected chi connectivity index (χ1v) is 6.60. The molecule has 0 saturated carbocycles. The Labute approximate surface area is 118 Å². The highest BCUT2D eigenvalue weighted by atomic mass is 35.5. The lowest BCUT2D eigenvalue weighted by atomic mass is 10.1. The topological polar surface area (TPSA) is 42.7 Å². The van der Waals surface area contributed by atoms with Crippen LogP contribution >= 0.6 is 11.6 Å². The molecule has 0 saturated heterocycles. The summed E-state index contributed by atoms with van der Waals surface area (Å²) in [5.74, 6) is 0. The van der Waals surface area contributed by atoms with E-state index < -0.39 is 0 Å². The minimum Gasteiger partial charge on any atom is -0.381 e. The Bertz CT molecular complexity index is 536. The normalized spacial score (nSPS) is 12.1. The fraction of sp³-hybridized carbons (Fsp3) is 0.286. The monoisotopic (exact) mass is 276 g/mol. The number of allylic oxidation sites excluding steroid dienone is 1. The van der Waals surface area contributed by atoms with Crippen molar-refractivity contribution in [2.45, 2.75) is 25.8 Å². The van der Waals surface area contributed by atoms with Gasteiger partial charge in [0.2, 0.25) is 0 Å². The molecule has 1 aromatic heterocycles. The average molecular weight is 277 g/mol. The highest BCUT2D eigenvalue weighted by Crippen LogP contribution is 2.25. The molecule has 0 amide bonds. The fourth-order valence-electron chi connectivity index (χ4n) is 1.86. The third-order valence-corrected chi connectivity index (χ3v) is 3.06. The summed E-state index contributed by atoms with van der Waals surface area (Å²) in [5, 5.41) is 8.30. The molecule has 0 fully saturated rings. The van der Waals surface area contributed by atoms with Crippen molar-refractivity contribution >= 4 is 17.3 Å². The Kier molecular flexibility index (Phi) is 4.58. The molecular weight excluding hydrogens is 260 g/mol. The van der Waals surface area contributed by atoms with Gasteiger partial charge in [0.05, 0.1) is 11.4 Å². The number of hydrogen-bond donors (Lipinski definition) is 1. The van der Waals surface area contributed by atoms with Gasteiger partial charge in [0.25, 0.3) is 0 Å². The molecule has 1 heterocycles. The Morgan fingerprint density at radius 1 is 1.53 bits per heavy atom. The second-order valence-corrected chi connectivity index (χ2v) is 4.85. The smallest absolute Gasteiger partial charge is 0.138 e.